The quantitative estimate of drug-likeness (QED) is 0.476. The van der Waals surface area contributed by atoms with E-state index in [2.05, 4.69) is 20.2 Å². The van der Waals surface area contributed by atoms with Crippen LogP contribution in [0, 0.1) is 0 Å². The Morgan fingerprint density at radius 1 is 1.13 bits per heavy atom. The van der Waals surface area contributed by atoms with E-state index in [1.165, 1.54) is 0 Å². The fraction of sp³-hybridized carbons (Fsp3) is 0.227. The van der Waals surface area contributed by atoms with E-state index in [0.29, 0.717) is 37.0 Å². The number of aromatic nitrogens is 5. The highest BCUT2D eigenvalue weighted by Crippen LogP contribution is 2.25. The maximum Gasteiger partial charge on any atom is 0.272 e. The van der Waals surface area contributed by atoms with E-state index < -0.39 is 0 Å². The monoisotopic (exact) mass is 416 g/mol. The van der Waals surface area contributed by atoms with Gasteiger partial charge in [0.2, 0.25) is 5.82 Å². The van der Waals surface area contributed by atoms with Gasteiger partial charge in [-0.25, -0.2) is 0 Å². The van der Waals surface area contributed by atoms with Gasteiger partial charge in [0.1, 0.15) is 17.5 Å². The van der Waals surface area contributed by atoms with Crippen molar-refractivity contribution in [2.75, 3.05) is 13.1 Å². The van der Waals surface area contributed by atoms with Gasteiger partial charge in [-0.15, -0.1) is 0 Å². The first-order valence-electron chi connectivity index (χ1n) is 10.0. The van der Waals surface area contributed by atoms with Crippen molar-refractivity contribution >= 4 is 5.91 Å². The molecule has 1 fully saturated rings. The molecule has 0 unspecified atom stereocenters. The highest BCUT2D eigenvalue weighted by molar-refractivity contribution is 5.93. The molecule has 4 aromatic rings. The molecule has 9 heteroatoms. The van der Waals surface area contributed by atoms with Gasteiger partial charge < -0.3 is 14.2 Å². The second-order valence-electron chi connectivity index (χ2n) is 7.17. The Labute approximate surface area is 178 Å². The van der Waals surface area contributed by atoms with E-state index in [4.69, 9.17) is 9.26 Å². The van der Waals surface area contributed by atoms with Crippen LogP contribution in [0.3, 0.4) is 0 Å². The predicted octanol–water partition coefficient (Wildman–Crippen LogP) is 2.92. The lowest BCUT2D eigenvalue weighted by molar-refractivity contribution is 0.0169. The summed E-state index contributed by atoms with van der Waals surface area (Å²) in [6.45, 7) is 3.73. The number of amides is 1. The van der Waals surface area contributed by atoms with Crippen LogP contribution in [0.15, 0.2) is 65.6 Å². The zero-order chi connectivity index (χ0) is 21.2. The highest BCUT2D eigenvalue weighted by atomic mass is 16.5. The number of hydrogen-bond donors (Lipinski definition) is 0. The predicted molar refractivity (Wildman–Crippen MR) is 111 cm³/mol. The van der Waals surface area contributed by atoms with Gasteiger partial charge in [-0.2, -0.15) is 10.1 Å². The normalized spacial score (nSPS) is 13.8. The van der Waals surface area contributed by atoms with E-state index in [1.54, 1.807) is 34.2 Å². The van der Waals surface area contributed by atoms with Gasteiger partial charge in [-0.1, -0.05) is 5.16 Å². The molecule has 1 aromatic carbocycles. The molecule has 1 amide bonds. The summed E-state index contributed by atoms with van der Waals surface area (Å²) in [5.74, 6) is 1.64. The largest absolute Gasteiger partial charge is 0.487 e. The molecule has 0 aliphatic carbocycles. The van der Waals surface area contributed by atoms with Gasteiger partial charge in [-0.05, 0) is 49.4 Å². The third kappa shape index (κ3) is 3.77. The Kier molecular flexibility index (Phi) is 4.91. The molecule has 0 bridgehead atoms. The van der Waals surface area contributed by atoms with Crippen molar-refractivity contribution in [3.8, 4) is 28.6 Å². The molecule has 1 aliphatic rings. The fourth-order valence-electron chi connectivity index (χ4n) is 3.43. The second kappa shape index (κ2) is 8.02. The molecule has 9 nitrogen and oxygen atoms in total. The Morgan fingerprint density at radius 3 is 2.71 bits per heavy atom. The van der Waals surface area contributed by atoms with E-state index in [1.807, 2.05) is 43.3 Å². The number of carbonyl (C=O) groups is 1. The molecule has 0 N–H and O–H groups in total. The van der Waals surface area contributed by atoms with Crippen LogP contribution in [0.25, 0.3) is 22.8 Å². The molecule has 1 aliphatic heterocycles. The lowest BCUT2D eigenvalue weighted by Gasteiger charge is -2.38. The van der Waals surface area contributed by atoms with E-state index >= 15 is 0 Å². The molecule has 0 radical (unpaired) electrons. The number of ether oxygens (including phenoxy) is 1. The maximum atomic E-state index is 12.6. The number of aryl methyl sites for hydroxylation is 1. The Hall–Kier alpha value is -4.01. The number of carbonyl (C=O) groups excluding carboxylic acids is 1. The van der Waals surface area contributed by atoms with Gasteiger partial charge in [-0.3, -0.25) is 14.5 Å². The molecule has 156 valence electrons. The van der Waals surface area contributed by atoms with Crippen molar-refractivity contribution in [2.24, 2.45) is 0 Å². The van der Waals surface area contributed by atoms with Gasteiger partial charge in [0.15, 0.2) is 0 Å². The standard InChI is InChI=1S/C22H20N6O3/c1-2-28-19(9-11-24-28)22(29)27-13-18(14-27)30-17-7-5-15(6-8-17)20-25-21(31-26-20)16-4-3-10-23-12-16/h3-12,18H,2,13-14H2,1H3. The summed E-state index contributed by atoms with van der Waals surface area (Å²) in [5.41, 5.74) is 2.20. The minimum Gasteiger partial charge on any atom is -0.487 e. The average molecular weight is 416 g/mol. The Bertz CT molecular complexity index is 1180. The molecular weight excluding hydrogens is 396 g/mol. The minimum absolute atomic E-state index is 0.0175. The minimum atomic E-state index is -0.0323. The van der Waals surface area contributed by atoms with Crippen LogP contribution < -0.4 is 4.74 Å². The zero-order valence-corrected chi connectivity index (χ0v) is 16.9. The third-order valence-corrected chi connectivity index (χ3v) is 5.12. The van der Waals surface area contributed by atoms with Gasteiger partial charge in [0, 0.05) is 30.7 Å². The average Bonchev–Trinajstić information content (AvgIpc) is 3.46. The smallest absolute Gasteiger partial charge is 0.272 e. The molecule has 4 heterocycles. The lowest BCUT2D eigenvalue weighted by atomic mass is 10.1. The van der Waals surface area contributed by atoms with Gasteiger partial charge >= 0.3 is 0 Å². The van der Waals surface area contributed by atoms with Crippen LogP contribution in [0.2, 0.25) is 0 Å². The van der Waals surface area contributed by atoms with Crippen LogP contribution in [-0.4, -0.2) is 54.9 Å². The van der Waals surface area contributed by atoms with Crippen LogP contribution in [0.1, 0.15) is 17.4 Å². The summed E-state index contributed by atoms with van der Waals surface area (Å²) >= 11 is 0. The summed E-state index contributed by atoms with van der Waals surface area (Å²) in [4.78, 5) is 22.8. The lowest BCUT2D eigenvalue weighted by Crippen LogP contribution is -2.56. The van der Waals surface area contributed by atoms with E-state index in [9.17, 15) is 4.79 Å². The van der Waals surface area contributed by atoms with Crippen LogP contribution >= 0.6 is 0 Å². The van der Waals surface area contributed by atoms with Crippen molar-refractivity contribution in [3.63, 3.8) is 0 Å². The first-order valence-corrected chi connectivity index (χ1v) is 10.0. The zero-order valence-electron chi connectivity index (χ0n) is 16.9. The van der Waals surface area contributed by atoms with E-state index in [0.717, 1.165) is 16.9 Å². The van der Waals surface area contributed by atoms with Crippen molar-refractivity contribution < 1.29 is 14.1 Å². The van der Waals surface area contributed by atoms with Gasteiger partial charge in [0.05, 0.1) is 18.7 Å². The summed E-state index contributed by atoms with van der Waals surface area (Å²) in [5, 5.41) is 8.20. The van der Waals surface area contributed by atoms with Crippen molar-refractivity contribution in [1.29, 1.82) is 0 Å². The fourth-order valence-corrected chi connectivity index (χ4v) is 3.43. The van der Waals surface area contributed by atoms with E-state index in [-0.39, 0.29) is 12.0 Å². The number of benzene rings is 1. The summed E-state index contributed by atoms with van der Waals surface area (Å²) in [7, 11) is 0. The van der Waals surface area contributed by atoms with Crippen LogP contribution in [0.5, 0.6) is 5.75 Å². The molecule has 3 aromatic heterocycles. The molecule has 0 spiro atoms. The number of likely N-dealkylation sites (tertiary alicyclic amines) is 1. The molecule has 5 rings (SSSR count). The topological polar surface area (TPSA) is 99.2 Å². The van der Waals surface area contributed by atoms with Gasteiger partial charge in [0.25, 0.3) is 11.8 Å². The number of rotatable bonds is 6. The Balaban J connectivity index is 1.18. The van der Waals surface area contributed by atoms with Crippen LogP contribution in [-0.2, 0) is 6.54 Å². The van der Waals surface area contributed by atoms with Crippen molar-refractivity contribution in [1.82, 2.24) is 29.8 Å². The second-order valence-corrected chi connectivity index (χ2v) is 7.17. The molecular formula is C22H20N6O3. The van der Waals surface area contributed by atoms with Crippen molar-refractivity contribution in [3.05, 3.63) is 66.7 Å². The maximum absolute atomic E-state index is 12.6. The molecule has 1 saturated heterocycles. The van der Waals surface area contributed by atoms with Crippen molar-refractivity contribution in [2.45, 2.75) is 19.6 Å². The first kappa shape index (κ1) is 19.0. The summed E-state index contributed by atoms with van der Waals surface area (Å²) in [6.07, 6.45) is 4.99. The first-order chi connectivity index (χ1) is 15.2. The summed E-state index contributed by atoms with van der Waals surface area (Å²) < 4.78 is 13.0. The molecule has 31 heavy (non-hydrogen) atoms. The molecule has 0 atom stereocenters. The van der Waals surface area contributed by atoms with Crippen LogP contribution in [0.4, 0.5) is 0 Å². The number of hydrogen-bond acceptors (Lipinski definition) is 7. The third-order valence-electron chi connectivity index (χ3n) is 5.12. The Morgan fingerprint density at radius 2 is 1.97 bits per heavy atom. The number of nitrogens with zero attached hydrogens (tertiary/aromatic N) is 6. The SMILES string of the molecule is CCn1nccc1C(=O)N1CC(Oc2ccc(-c3noc(-c4cccnc4)n3)cc2)C1. The molecule has 0 saturated carbocycles. The number of pyridine rings is 1. The highest BCUT2D eigenvalue weighted by Gasteiger charge is 2.34. The summed E-state index contributed by atoms with van der Waals surface area (Å²) in [6, 6.07) is 12.9.